The van der Waals surface area contributed by atoms with E-state index in [1.807, 2.05) is 0 Å². The van der Waals surface area contributed by atoms with Crippen molar-refractivity contribution in [1.82, 2.24) is 5.32 Å². The van der Waals surface area contributed by atoms with Crippen molar-refractivity contribution in [2.45, 2.75) is 26.2 Å². The van der Waals surface area contributed by atoms with Crippen molar-refractivity contribution >= 4 is 0 Å². The summed E-state index contributed by atoms with van der Waals surface area (Å²) in [6, 6.07) is 3.86. The van der Waals surface area contributed by atoms with Gasteiger partial charge < -0.3 is 10.1 Å². The summed E-state index contributed by atoms with van der Waals surface area (Å²) < 4.78 is 32.2. The van der Waals surface area contributed by atoms with Crippen molar-refractivity contribution in [2.24, 2.45) is 5.41 Å². The largest absolute Gasteiger partial charge is 0.381 e. The Labute approximate surface area is 113 Å². The molecule has 0 bridgehead atoms. The Hall–Kier alpha value is -1.00. The number of hydrogen-bond acceptors (Lipinski definition) is 2. The van der Waals surface area contributed by atoms with Gasteiger partial charge in [-0.05, 0) is 42.9 Å². The Bertz CT molecular complexity index is 417. The van der Waals surface area contributed by atoms with Gasteiger partial charge in [-0.15, -0.1) is 0 Å². The molecule has 1 aliphatic rings. The van der Waals surface area contributed by atoms with Crippen LogP contribution in [0.1, 0.15) is 25.3 Å². The molecule has 1 aliphatic heterocycles. The van der Waals surface area contributed by atoms with Gasteiger partial charge in [0.05, 0.1) is 0 Å². The average Bonchev–Trinajstić information content (AvgIpc) is 2.41. The molecule has 19 heavy (non-hydrogen) atoms. The van der Waals surface area contributed by atoms with Crippen molar-refractivity contribution in [3.05, 3.63) is 35.4 Å². The highest BCUT2D eigenvalue weighted by molar-refractivity contribution is 5.20. The van der Waals surface area contributed by atoms with E-state index >= 15 is 0 Å². The van der Waals surface area contributed by atoms with Crippen LogP contribution < -0.4 is 5.32 Å². The highest BCUT2D eigenvalue weighted by atomic mass is 19.1. The van der Waals surface area contributed by atoms with E-state index in [4.69, 9.17) is 4.74 Å². The summed E-state index contributed by atoms with van der Waals surface area (Å²) in [4.78, 5) is 0. The zero-order chi connectivity index (χ0) is 13.7. The van der Waals surface area contributed by atoms with E-state index in [-0.39, 0.29) is 5.41 Å². The van der Waals surface area contributed by atoms with Gasteiger partial charge in [-0.2, -0.15) is 0 Å². The predicted octanol–water partition coefficient (Wildman–Crippen LogP) is 2.91. The Kier molecular flexibility index (Phi) is 4.88. The number of hydrogen-bond donors (Lipinski definition) is 1. The average molecular weight is 269 g/mol. The molecule has 0 unspecified atom stereocenters. The molecule has 1 N–H and O–H groups in total. The van der Waals surface area contributed by atoms with Crippen LogP contribution in [-0.2, 0) is 11.2 Å². The van der Waals surface area contributed by atoms with Crippen molar-refractivity contribution in [3.8, 4) is 0 Å². The number of nitrogens with one attached hydrogen (secondary N) is 1. The Morgan fingerprint density at radius 2 is 2.00 bits per heavy atom. The van der Waals surface area contributed by atoms with Crippen LogP contribution in [0, 0.1) is 17.0 Å². The Balaban J connectivity index is 2.14. The molecule has 0 aromatic heterocycles. The Morgan fingerprint density at radius 3 is 2.63 bits per heavy atom. The second-order valence-electron chi connectivity index (χ2n) is 5.31. The van der Waals surface area contributed by atoms with E-state index in [9.17, 15) is 8.78 Å². The third-order valence-corrected chi connectivity index (χ3v) is 3.88. The molecule has 106 valence electrons. The van der Waals surface area contributed by atoms with Gasteiger partial charge >= 0.3 is 0 Å². The van der Waals surface area contributed by atoms with E-state index in [1.165, 1.54) is 6.07 Å². The van der Waals surface area contributed by atoms with Gasteiger partial charge in [0.1, 0.15) is 11.6 Å². The SMILES string of the molecule is CCNCC1(Cc2ccc(F)cc2F)CCOCC1. The minimum absolute atomic E-state index is 0.0208. The van der Waals surface area contributed by atoms with Crippen molar-refractivity contribution in [2.75, 3.05) is 26.3 Å². The Morgan fingerprint density at radius 1 is 1.26 bits per heavy atom. The van der Waals surface area contributed by atoms with Gasteiger partial charge in [-0.3, -0.25) is 0 Å². The van der Waals surface area contributed by atoms with Crippen molar-refractivity contribution in [1.29, 1.82) is 0 Å². The van der Waals surface area contributed by atoms with Gasteiger partial charge in [0.25, 0.3) is 0 Å². The lowest BCUT2D eigenvalue weighted by molar-refractivity contribution is 0.0148. The summed E-state index contributed by atoms with van der Waals surface area (Å²) >= 11 is 0. The maximum absolute atomic E-state index is 13.8. The predicted molar refractivity (Wildman–Crippen MR) is 71.1 cm³/mol. The molecular formula is C15H21F2NO. The quantitative estimate of drug-likeness (QED) is 0.887. The maximum atomic E-state index is 13.8. The van der Waals surface area contributed by atoms with Crippen LogP contribution in [0.4, 0.5) is 8.78 Å². The van der Waals surface area contributed by atoms with E-state index in [1.54, 1.807) is 6.07 Å². The number of ether oxygens (including phenoxy) is 1. The fourth-order valence-corrected chi connectivity index (χ4v) is 2.68. The summed E-state index contributed by atoms with van der Waals surface area (Å²) in [5.41, 5.74) is 0.619. The van der Waals surface area contributed by atoms with Gasteiger partial charge in [0, 0.05) is 25.8 Å². The molecule has 0 radical (unpaired) electrons. The molecular weight excluding hydrogens is 248 g/mol. The first-order valence-corrected chi connectivity index (χ1v) is 6.88. The van der Waals surface area contributed by atoms with Crippen molar-refractivity contribution < 1.29 is 13.5 Å². The molecule has 0 saturated carbocycles. The fraction of sp³-hybridized carbons (Fsp3) is 0.600. The summed E-state index contributed by atoms with van der Waals surface area (Å²) in [7, 11) is 0. The van der Waals surface area contributed by atoms with Crippen molar-refractivity contribution in [3.63, 3.8) is 0 Å². The summed E-state index contributed by atoms with van der Waals surface area (Å²) in [5.74, 6) is -0.962. The topological polar surface area (TPSA) is 21.3 Å². The molecule has 1 fully saturated rings. The minimum atomic E-state index is -0.519. The third-order valence-electron chi connectivity index (χ3n) is 3.88. The summed E-state index contributed by atoms with van der Waals surface area (Å²) in [5, 5.41) is 3.36. The van der Waals surface area contributed by atoms with Gasteiger partial charge in [-0.1, -0.05) is 13.0 Å². The first-order valence-electron chi connectivity index (χ1n) is 6.88. The number of benzene rings is 1. The van der Waals surface area contributed by atoms with Crippen LogP contribution in [-0.4, -0.2) is 26.3 Å². The standard InChI is InChI=1S/C15H21F2NO/c1-2-18-11-15(5-7-19-8-6-15)10-12-3-4-13(16)9-14(12)17/h3-4,9,18H,2,5-8,10-11H2,1H3. The minimum Gasteiger partial charge on any atom is -0.381 e. The first-order chi connectivity index (χ1) is 9.15. The lowest BCUT2D eigenvalue weighted by atomic mass is 9.75. The van der Waals surface area contributed by atoms with Crippen LogP contribution in [0.15, 0.2) is 18.2 Å². The zero-order valence-electron chi connectivity index (χ0n) is 11.3. The third kappa shape index (κ3) is 3.74. The van der Waals surface area contributed by atoms with Gasteiger partial charge in [-0.25, -0.2) is 8.78 Å². The molecule has 0 atom stereocenters. The molecule has 4 heteroatoms. The molecule has 0 spiro atoms. The molecule has 0 aliphatic carbocycles. The first kappa shape index (κ1) is 14.4. The van der Waals surface area contributed by atoms with E-state index in [0.29, 0.717) is 25.2 Å². The fourth-order valence-electron chi connectivity index (χ4n) is 2.68. The molecule has 1 aromatic rings. The highest BCUT2D eigenvalue weighted by Gasteiger charge is 2.33. The molecule has 1 aromatic carbocycles. The van der Waals surface area contributed by atoms with Crippen LogP contribution in [0.5, 0.6) is 0 Å². The molecule has 2 rings (SSSR count). The van der Waals surface area contributed by atoms with Crippen LogP contribution in [0.2, 0.25) is 0 Å². The van der Waals surface area contributed by atoms with Crippen LogP contribution in [0.25, 0.3) is 0 Å². The zero-order valence-corrected chi connectivity index (χ0v) is 11.3. The van der Waals surface area contributed by atoms with Gasteiger partial charge in [0.15, 0.2) is 0 Å². The number of rotatable bonds is 5. The lowest BCUT2D eigenvalue weighted by Crippen LogP contribution is -2.41. The lowest BCUT2D eigenvalue weighted by Gasteiger charge is -2.37. The van der Waals surface area contributed by atoms with Crippen LogP contribution in [0.3, 0.4) is 0 Å². The maximum Gasteiger partial charge on any atom is 0.129 e. The molecule has 1 saturated heterocycles. The molecule has 2 nitrogen and oxygen atoms in total. The van der Waals surface area contributed by atoms with Gasteiger partial charge in [0.2, 0.25) is 0 Å². The van der Waals surface area contributed by atoms with E-state index < -0.39 is 11.6 Å². The van der Waals surface area contributed by atoms with Crippen LogP contribution >= 0.6 is 0 Å². The summed E-state index contributed by atoms with van der Waals surface area (Å²) in [6.07, 6.45) is 2.46. The van der Waals surface area contributed by atoms with E-state index in [0.717, 1.165) is 32.0 Å². The highest BCUT2D eigenvalue weighted by Crippen LogP contribution is 2.34. The molecule has 1 heterocycles. The second-order valence-corrected chi connectivity index (χ2v) is 5.31. The number of halogens is 2. The summed E-state index contributed by atoms with van der Waals surface area (Å²) in [6.45, 7) is 5.24. The normalized spacial score (nSPS) is 18.5. The second kappa shape index (κ2) is 6.44. The van der Waals surface area contributed by atoms with E-state index in [2.05, 4.69) is 12.2 Å². The smallest absolute Gasteiger partial charge is 0.129 e. The monoisotopic (exact) mass is 269 g/mol. The molecule has 0 amide bonds.